The van der Waals surface area contributed by atoms with Crippen LogP contribution in [0.1, 0.15) is 36.6 Å². The number of methoxy groups -OCH3 is 2. The van der Waals surface area contributed by atoms with Gasteiger partial charge in [-0.15, -0.1) is 0 Å². The van der Waals surface area contributed by atoms with E-state index in [0.717, 1.165) is 34.6 Å². The molecule has 1 unspecified atom stereocenters. The zero-order chi connectivity index (χ0) is 26.6. The van der Waals surface area contributed by atoms with Crippen LogP contribution in [0, 0.1) is 6.42 Å². The molecule has 0 aromatic heterocycles. The van der Waals surface area contributed by atoms with Crippen molar-refractivity contribution in [2.24, 2.45) is 0 Å². The van der Waals surface area contributed by atoms with Crippen LogP contribution in [-0.4, -0.2) is 50.5 Å². The van der Waals surface area contributed by atoms with Crippen LogP contribution in [0.15, 0.2) is 60.7 Å². The minimum Gasteiger partial charge on any atom is -0.493 e. The topological polar surface area (TPSA) is 60.4 Å². The molecule has 3 aromatic rings. The van der Waals surface area contributed by atoms with Gasteiger partial charge in [-0.2, -0.15) is 0 Å². The predicted molar refractivity (Wildman–Crippen MR) is 148 cm³/mol. The quantitative estimate of drug-likeness (QED) is 0.257. The van der Waals surface area contributed by atoms with Crippen molar-refractivity contribution >= 4 is 11.6 Å². The Kier molecular flexibility index (Phi) is 11.4. The summed E-state index contributed by atoms with van der Waals surface area (Å²) in [5.74, 6) is 2.88. The van der Waals surface area contributed by atoms with E-state index in [0.29, 0.717) is 49.4 Å². The van der Waals surface area contributed by atoms with Crippen molar-refractivity contribution in [2.75, 3.05) is 40.5 Å². The summed E-state index contributed by atoms with van der Waals surface area (Å²) in [7, 11) is 3.27. The fraction of sp³-hybridized carbons (Fsp3) is 0.367. The van der Waals surface area contributed by atoms with Crippen LogP contribution in [0.4, 0.5) is 0 Å². The van der Waals surface area contributed by atoms with Gasteiger partial charge in [-0.05, 0) is 79.8 Å². The minimum atomic E-state index is -0.678. The summed E-state index contributed by atoms with van der Waals surface area (Å²) in [6.45, 7) is 6.79. The van der Waals surface area contributed by atoms with Crippen molar-refractivity contribution in [1.29, 1.82) is 0 Å². The smallest absolute Gasteiger partial charge is 0.161 e. The van der Waals surface area contributed by atoms with Crippen LogP contribution in [-0.2, 0) is 13.0 Å². The van der Waals surface area contributed by atoms with Gasteiger partial charge in [-0.3, -0.25) is 4.90 Å². The van der Waals surface area contributed by atoms with Crippen molar-refractivity contribution < 1.29 is 24.1 Å². The summed E-state index contributed by atoms with van der Waals surface area (Å²) in [6, 6.07) is 19.3. The van der Waals surface area contributed by atoms with Gasteiger partial charge in [0.25, 0.3) is 0 Å². The second-order valence-electron chi connectivity index (χ2n) is 8.59. The van der Waals surface area contributed by atoms with Gasteiger partial charge in [0.2, 0.25) is 0 Å². The molecule has 0 fully saturated rings. The van der Waals surface area contributed by atoms with Crippen molar-refractivity contribution in [2.45, 2.75) is 32.9 Å². The van der Waals surface area contributed by atoms with E-state index in [1.807, 2.05) is 74.5 Å². The maximum atomic E-state index is 11.0. The van der Waals surface area contributed by atoms with E-state index in [2.05, 4.69) is 11.3 Å². The molecule has 6 nitrogen and oxygen atoms in total. The van der Waals surface area contributed by atoms with Gasteiger partial charge in [-0.25, -0.2) is 0 Å². The summed E-state index contributed by atoms with van der Waals surface area (Å²) in [5, 5.41) is 11.6. The lowest BCUT2D eigenvalue weighted by molar-refractivity contribution is 0.113. The average molecular weight is 527 g/mol. The molecule has 0 aliphatic carbocycles. The highest BCUT2D eigenvalue weighted by Gasteiger charge is 2.16. The maximum Gasteiger partial charge on any atom is 0.161 e. The zero-order valence-corrected chi connectivity index (χ0v) is 22.8. The van der Waals surface area contributed by atoms with Gasteiger partial charge in [-0.1, -0.05) is 35.9 Å². The Morgan fingerprint density at radius 3 is 2.22 bits per heavy atom. The molecule has 0 heterocycles. The lowest BCUT2D eigenvalue weighted by Crippen LogP contribution is -2.30. The Morgan fingerprint density at radius 1 is 0.838 bits per heavy atom. The number of halogens is 1. The molecule has 0 spiro atoms. The second-order valence-corrected chi connectivity index (χ2v) is 9.03. The summed E-state index contributed by atoms with van der Waals surface area (Å²) >= 11 is 6.16. The normalized spacial score (nSPS) is 11.9. The number of rotatable bonds is 15. The first-order valence-electron chi connectivity index (χ1n) is 12.5. The molecule has 1 radical (unpaired) electrons. The van der Waals surface area contributed by atoms with Gasteiger partial charge in [0, 0.05) is 24.7 Å². The Hall–Kier alpha value is -2.93. The highest BCUT2D eigenvalue weighted by atomic mass is 35.5. The number of ether oxygens (including phenoxy) is 4. The fourth-order valence-corrected chi connectivity index (χ4v) is 4.34. The zero-order valence-electron chi connectivity index (χ0n) is 22.1. The maximum absolute atomic E-state index is 11.0. The third kappa shape index (κ3) is 8.56. The Morgan fingerprint density at radius 2 is 1.51 bits per heavy atom. The molecule has 0 aliphatic heterocycles. The monoisotopic (exact) mass is 526 g/mol. The fourth-order valence-electron chi connectivity index (χ4n) is 4.14. The number of benzene rings is 3. The number of aliphatic hydroxyl groups excluding tert-OH is 1. The van der Waals surface area contributed by atoms with Crippen molar-refractivity contribution in [3.63, 3.8) is 0 Å². The predicted octanol–water partition coefficient (Wildman–Crippen LogP) is 6.14. The van der Waals surface area contributed by atoms with Crippen LogP contribution >= 0.6 is 11.6 Å². The van der Waals surface area contributed by atoms with Crippen molar-refractivity contribution in [3.05, 3.63) is 88.8 Å². The molecule has 0 saturated heterocycles. The molecular weight excluding hydrogens is 490 g/mol. The SMILES string of the molecule is CCOc1ccc(CN(C[CH]Cc2ccc(OC)c(OC)c2)CC(O)c2cccc(Cl)c2)cc1OCC. The second kappa shape index (κ2) is 14.7. The molecule has 0 saturated carbocycles. The highest BCUT2D eigenvalue weighted by molar-refractivity contribution is 6.30. The molecule has 37 heavy (non-hydrogen) atoms. The highest BCUT2D eigenvalue weighted by Crippen LogP contribution is 2.30. The van der Waals surface area contributed by atoms with Crippen LogP contribution in [0.5, 0.6) is 23.0 Å². The van der Waals surface area contributed by atoms with Crippen molar-refractivity contribution in [3.8, 4) is 23.0 Å². The molecule has 0 bridgehead atoms. The van der Waals surface area contributed by atoms with E-state index in [4.69, 9.17) is 30.5 Å². The third-order valence-corrected chi connectivity index (χ3v) is 6.13. The van der Waals surface area contributed by atoms with E-state index in [1.165, 1.54) is 0 Å². The first-order valence-corrected chi connectivity index (χ1v) is 12.9. The summed E-state index contributed by atoms with van der Waals surface area (Å²) in [4.78, 5) is 2.21. The number of nitrogens with zero attached hydrogens (tertiary/aromatic N) is 1. The van der Waals surface area contributed by atoms with Crippen LogP contribution < -0.4 is 18.9 Å². The molecule has 1 N–H and O–H groups in total. The third-order valence-electron chi connectivity index (χ3n) is 5.89. The molecular formula is C30H37ClNO5. The van der Waals surface area contributed by atoms with E-state index < -0.39 is 6.10 Å². The van der Waals surface area contributed by atoms with E-state index >= 15 is 0 Å². The average Bonchev–Trinajstić information content (AvgIpc) is 2.90. The van der Waals surface area contributed by atoms with Crippen LogP contribution in [0.2, 0.25) is 5.02 Å². The number of hydrogen-bond acceptors (Lipinski definition) is 6. The number of hydrogen-bond donors (Lipinski definition) is 1. The van der Waals surface area contributed by atoms with E-state index in [9.17, 15) is 5.11 Å². The molecule has 1 atom stereocenters. The standard InChI is InChI=1S/C30H37ClNO5/c1-5-36-28-15-13-23(18-30(28)37-6-2)20-32(21-26(33)24-10-7-11-25(31)19-24)16-8-9-22-12-14-27(34-3)29(17-22)35-4/h7-8,10-15,17-19,26,33H,5-6,9,16,20-21H2,1-4H3. The van der Waals surface area contributed by atoms with Gasteiger partial charge >= 0.3 is 0 Å². The van der Waals surface area contributed by atoms with E-state index in [-0.39, 0.29) is 0 Å². The Balaban J connectivity index is 1.75. The molecule has 3 aromatic carbocycles. The Labute approximate surface area is 225 Å². The van der Waals surface area contributed by atoms with Gasteiger partial charge in [0.15, 0.2) is 23.0 Å². The summed E-state index contributed by atoms with van der Waals surface area (Å²) in [5.41, 5.74) is 2.98. The first kappa shape index (κ1) is 28.6. The van der Waals surface area contributed by atoms with Gasteiger partial charge in [0.05, 0.1) is 33.5 Å². The summed E-state index contributed by atoms with van der Waals surface area (Å²) in [6.07, 6.45) is 2.27. The number of aliphatic hydroxyl groups is 1. The van der Waals surface area contributed by atoms with E-state index in [1.54, 1.807) is 14.2 Å². The lowest BCUT2D eigenvalue weighted by Gasteiger charge is -2.26. The molecule has 3 rings (SSSR count). The molecule has 7 heteroatoms. The van der Waals surface area contributed by atoms with Gasteiger partial charge in [0.1, 0.15) is 0 Å². The largest absolute Gasteiger partial charge is 0.493 e. The lowest BCUT2D eigenvalue weighted by atomic mass is 10.1. The first-order chi connectivity index (χ1) is 18.0. The van der Waals surface area contributed by atoms with Crippen molar-refractivity contribution in [1.82, 2.24) is 4.90 Å². The van der Waals surface area contributed by atoms with Gasteiger partial charge < -0.3 is 24.1 Å². The van der Waals surface area contributed by atoms with Crippen LogP contribution in [0.3, 0.4) is 0 Å². The minimum absolute atomic E-state index is 0.444. The van der Waals surface area contributed by atoms with Crippen LogP contribution in [0.25, 0.3) is 0 Å². The summed E-state index contributed by atoms with van der Waals surface area (Å²) < 4.78 is 22.3. The molecule has 0 amide bonds. The Bertz CT molecular complexity index is 1120. The molecule has 0 aliphatic rings. The molecule has 199 valence electrons.